The summed E-state index contributed by atoms with van der Waals surface area (Å²) in [4.78, 5) is 40.7. The predicted molar refractivity (Wildman–Crippen MR) is 110 cm³/mol. The van der Waals surface area contributed by atoms with Gasteiger partial charge in [0.2, 0.25) is 11.8 Å². The molecule has 2 N–H and O–H groups in total. The van der Waals surface area contributed by atoms with Crippen molar-refractivity contribution in [2.45, 2.75) is 13.3 Å². The molecule has 1 aliphatic rings. The van der Waals surface area contributed by atoms with Gasteiger partial charge in [0.25, 0.3) is 5.56 Å². The van der Waals surface area contributed by atoms with E-state index >= 15 is 0 Å². The maximum absolute atomic E-state index is 12.3. The van der Waals surface area contributed by atoms with E-state index in [1.165, 1.54) is 19.1 Å². The van der Waals surface area contributed by atoms with Gasteiger partial charge in [0.05, 0.1) is 0 Å². The number of benzene rings is 2. The lowest BCUT2D eigenvalue weighted by Crippen LogP contribution is -2.25. The maximum Gasteiger partial charge on any atom is 0.255 e. The fraction of sp³-hybridized carbons (Fsp3) is 0.136. The lowest BCUT2D eigenvalue weighted by Gasteiger charge is -2.15. The molecule has 0 saturated heterocycles. The monoisotopic (exact) mass is 373 g/mol. The summed E-state index contributed by atoms with van der Waals surface area (Å²) in [5.74, 6) is -0.363. The second kappa shape index (κ2) is 7.15. The minimum absolute atomic E-state index is 0.0161. The van der Waals surface area contributed by atoms with Gasteiger partial charge in [-0.2, -0.15) is 0 Å². The molecule has 2 aromatic carbocycles. The first kappa shape index (κ1) is 17.7. The van der Waals surface area contributed by atoms with Gasteiger partial charge in [0.15, 0.2) is 0 Å². The van der Waals surface area contributed by atoms with E-state index in [-0.39, 0.29) is 17.4 Å². The molecule has 28 heavy (non-hydrogen) atoms. The van der Waals surface area contributed by atoms with Crippen LogP contribution in [0.5, 0.6) is 0 Å². The molecule has 1 aliphatic heterocycles. The van der Waals surface area contributed by atoms with Crippen molar-refractivity contribution in [3.05, 3.63) is 76.1 Å². The highest BCUT2D eigenvalue weighted by Crippen LogP contribution is 2.30. The Morgan fingerprint density at radius 1 is 1.14 bits per heavy atom. The number of carbonyl (C=O) groups is 2. The third-order valence-electron chi connectivity index (χ3n) is 4.82. The van der Waals surface area contributed by atoms with Crippen molar-refractivity contribution in [3.8, 4) is 0 Å². The Balaban J connectivity index is 1.52. The van der Waals surface area contributed by atoms with Crippen molar-refractivity contribution in [2.24, 2.45) is 0 Å². The third kappa shape index (κ3) is 3.44. The summed E-state index contributed by atoms with van der Waals surface area (Å²) in [6.45, 7) is 2.19. The zero-order chi connectivity index (χ0) is 19.7. The quantitative estimate of drug-likeness (QED) is 0.692. The smallest absolute Gasteiger partial charge is 0.255 e. The van der Waals surface area contributed by atoms with Crippen molar-refractivity contribution in [1.82, 2.24) is 4.98 Å². The van der Waals surface area contributed by atoms with Crippen LogP contribution in [0.1, 0.15) is 18.1 Å². The average Bonchev–Trinajstić information content (AvgIpc) is 3.10. The van der Waals surface area contributed by atoms with Crippen molar-refractivity contribution < 1.29 is 9.59 Å². The fourth-order valence-electron chi connectivity index (χ4n) is 3.42. The molecule has 0 aliphatic carbocycles. The van der Waals surface area contributed by atoms with Crippen LogP contribution in [0.25, 0.3) is 17.0 Å². The first-order valence-electron chi connectivity index (χ1n) is 9.03. The first-order valence-corrected chi connectivity index (χ1v) is 9.03. The van der Waals surface area contributed by atoms with E-state index in [2.05, 4.69) is 10.3 Å². The Morgan fingerprint density at radius 3 is 2.79 bits per heavy atom. The first-order chi connectivity index (χ1) is 13.5. The number of nitrogens with one attached hydrogen (secondary N) is 2. The van der Waals surface area contributed by atoms with Crippen molar-refractivity contribution >= 4 is 40.2 Å². The van der Waals surface area contributed by atoms with Crippen LogP contribution in [-0.4, -0.2) is 23.3 Å². The van der Waals surface area contributed by atoms with Crippen LogP contribution >= 0.6 is 0 Å². The van der Waals surface area contributed by atoms with E-state index in [1.54, 1.807) is 17.0 Å². The maximum atomic E-state index is 12.3. The van der Waals surface area contributed by atoms with Gasteiger partial charge in [-0.25, -0.2) is 0 Å². The number of hydrogen-bond donors (Lipinski definition) is 2. The van der Waals surface area contributed by atoms with Crippen LogP contribution in [0.2, 0.25) is 0 Å². The Morgan fingerprint density at radius 2 is 1.96 bits per heavy atom. The van der Waals surface area contributed by atoms with Crippen LogP contribution in [-0.2, 0) is 16.0 Å². The summed E-state index contributed by atoms with van der Waals surface area (Å²) >= 11 is 0. The molecule has 6 heteroatoms. The van der Waals surface area contributed by atoms with Gasteiger partial charge in [-0.1, -0.05) is 24.3 Å². The number of aromatic nitrogens is 1. The van der Waals surface area contributed by atoms with Gasteiger partial charge >= 0.3 is 0 Å². The zero-order valence-electron chi connectivity index (χ0n) is 15.4. The topological polar surface area (TPSA) is 82.3 Å². The van der Waals surface area contributed by atoms with Crippen molar-refractivity contribution in [3.63, 3.8) is 0 Å². The molecule has 0 radical (unpaired) electrons. The molecule has 0 spiro atoms. The number of pyridine rings is 1. The number of rotatable bonds is 3. The fourth-order valence-corrected chi connectivity index (χ4v) is 3.42. The van der Waals surface area contributed by atoms with E-state index < -0.39 is 0 Å². The summed E-state index contributed by atoms with van der Waals surface area (Å²) in [5, 5.41) is 3.68. The summed E-state index contributed by atoms with van der Waals surface area (Å²) in [6, 6.07) is 14.8. The Labute approximate surface area is 161 Å². The number of hydrogen-bond acceptors (Lipinski definition) is 3. The zero-order valence-corrected chi connectivity index (χ0v) is 15.4. The predicted octanol–water partition coefficient (Wildman–Crippen LogP) is 3.09. The largest absolute Gasteiger partial charge is 0.322 e. The second-order valence-electron chi connectivity index (χ2n) is 6.73. The summed E-state index contributed by atoms with van der Waals surface area (Å²) in [5.41, 5.74) is 3.44. The van der Waals surface area contributed by atoms with Crippen LogP contribution < -0.4 is 15.8 Å². The normalized spacial score (nSPS) is 13.1. The van der Waals surface area contributed by atoms with Crippen LogP contribution in [0.4, 0.5) is 11.4 Å². The SMILES string of the molecule is CC(=O)N1CCc2ccc(NC(=O)/C=C/c3cc4ccccc4[nH]c3=O)cc21. The van der Waals surface area contributed by atoms with Crippen LogP contribution in [0, 0.1) is 0 Å². The Bertz CT molecular complexity index is 1180. The second-order valence-corrected chi connectivity index (χ2v) is 6.73. The van der Waals surface area contributed by atoms with E-state index in [4.69, 9.17) is 0 Å². The molecule has 0 atom stereocenters. The average molecular weight is 373 g/mol. The van der Waals surface area contributed by atoms with Gasteiger partial charge in [-0.3, -0.25) is 14.4 Å². The highest BCUT2D eigenvalue weighted by atomic mass is 16.2. The van der Waals surface area contributed by atoms with E-state index in [9.17, 15) is 14.4 Å². The van der Waals surface area contributed by atoms with Crippen molar-refractivity contribution in [2.75, 3.05) is 16.8 Å². The summed E-state index contributed by atoms with van der Waals surface area (Å²) in [6.07, 6.45) is 3.64. The molecule has 2 amide bonds. The van der Waals surface area contributed by atoms with Gasteiger partial charge in [-0.05, 0) is 47.7 Å². The minimum atomic E-state index is -0.347. The molecule has 1 aromatic heterocycles. The number of H-pyrrole nitrogens is 1. The van der Waals surface area contributed by atoms with E-state index in [0.29, 0.717) is 17.8 Å². The molecule has 3 aromatic rings. The van der Waals surface area contributed by atoms with Gasteiger partial charge in [0, 0.05) is 42.0 Å². The highest BCUT2D eigenvalue weighted by molar-refractivity contribution is 6.03. The molecule has 140 valence electrons. The summed E-state index contributed by atoms with van der Waals surface area (Å²) < 4.78 is 0. The molecule has 6 nitrogen and oxygen atoms in total. The number of carbonyl (C=O) groups excluding carboxylic acids is 2. The molecule has 4 rings (SSSR count). The Hall–Kier alpha value is -3.67. The Kier molecular flexibility index (Phi) is 4.53. The van der Waals surface area contributed by atoms with Gasteiger partial charge < -0.3 is 15.2 Å². The summed E-state index contributed by atoms with van der Waals surface area (Å²) in [7, 11) is 0. The minimum Gasteiger partial charge on any atom is -0.322 e. The number of fused-ring (bicyclic) bond motifs is 2. The molecule has 0 saturated carbocycles. The lowest BCUT2D eigenvalue weighted by atomic mass is 10.1. The van der Waals surface area contributed by atoms with E-state index in [0.717, 1.165) is 28.6 Å². The van der Waals surface area contributed by atoms with Gasteiger partial charge in [0.1, 0.15) is 0 Å². The molecular formula is C22H19N3O3. The molecular weight excluding hydrogens is 354 g/mol. The number of para-hydroxylation sites is 1. The molecule has 0 bridgehead atoms. The van der Waals surface area contributed by atoms with Crippen LogP contribution in [0.3, 0.4) is 0 Å². The number of aromatic amines is 1. The molecule has 2 heterocycles. The van der Waals surface area contributed by atoms with E-state index in [1.807, 2.05) is 36.4 Å². The third-order valence-corrected chi connectivity index (χ3v) is 4.82. The van der Waals surface area contributed by atoms with Crippen LogP contribution in [0.15, 0.2) is 59.4 Å². The van der Waals surface area contributed by atoms with Crippen molar-refractivity contribution in [1.29, 1.82) is 0 Å². The van der Waals surface area contributed by atoms with Gasteiger partial charge in [-0.15, -0.1) is 0 Å². The highest BCUT2D eigenvalue weighted by Gasteiger charge is 2.22. The number of anilines is 2. The number of amides is 2. The molecule has 0 fully saturated rings. The lowest BCUT2D eigenvalue weighted by molar-refractivity contribution is -0.116. The molecule has 0 unspecified atom stereocenters. The standard InChI is InChI=1S/C22H19N3O3/c1-14(26)25-11-10-15-6-8-18(13-20(15)25)23-21(27)9-7-17-12-16-4-2-3-5-19(16)24-22(17)28/h2-9,12-13H,10-11H2,1H3,(H,23,27)(H,24,28)/b9-7+. The number of nitrogens with zero attached hydrogens (tertiary/aromatic N) is 1.